The van der Waals surface area contributed by atoms with Crippen LogP contribution in [0.2, 0.25) is 5.02 Å². The van der Waals surface area contributed by atoms with E-state index in [0.29, 0.717) is 0 Å². The van der Waals surface area contributed by atoms with Crippen molar-refractivity contribution < 1.29 is 19.1 Å². The molecule has 0 bridgehead atoms. The topological polar surface area (TPSA) is 96.2 Å². The SMILES string of the molecule is O=C(NNC(=O)c1cc(Cl)ccc1O)c1cnn(-c2ccccc2F)c1. The lowest BCUT2D eigenvalue weighted by molar-refractivity contribution is 0.0845. The number of para-hydroxylation sites is 1. The zero-order valence-electron chi connectivity index (χ0n) is 13.1. The van der Waals surface area contributed by atoms with Crippen molar-refractivity contribution in [1.29, 1.82) is 0 Å². The fourth-order valence-electron chi connectivity index (χ4n) is 2.15. The molecule has 0 aliphatic heterocycles. The maximum atomic E-state index is 13.7. The lowest BCUT2D eigenvalue weighted by Gasteiger charge is -2.08. The summed E-state index contributed by atoms with van der Waals surface area (Å²) in [5, 5.41) is 13.8. The van der Waals surface area contributed by atoms with Crippen molar-refractivity contribution in [2.75, 3.05) is 0 Å². The second-order valence-electron chi connectivity index (χ2n) is 5.19. The average molecular weight is 375 g/mol. The zero-order valence-corrected chi connectivity index (χ0v) is 13.9. The Kier molecular flexibility index (Phi) is 4.85. The minimum Gasteiger partial charge on any atom is -0.507 e. The van der Waals surface area contributed by atoms with Gasteiger partial charge in [0, 0.05) is 11.2 Å². The fourth-order valence-corrected chi connectivity index (χ4v) is 2.32. The number of carbonyl (C=O) groups excluding carboxylic acids is 2. The highest BCUT2D eigenvalue weighted by Crippen LogP contribution is 2.21. The molecule has 3 rings (SSSR count). The molecule has 9 heteroatoms. The van der Waals surface area contributed by atoms with Crippen LogP contribution in [0.1, 0.15) is 20.7 Å². The molecule has 0 fully saturated rings. The Labute approximate surface area is 152 Å². The van der Waals surface area contributed by atoms with E-state index in [1.54, 1.807) is 6.07 Å². The summed E-state index contributed by atoms with van der Waals surface area (Å²) < 4.78 is 14.9. The number of hydrazine groups is 1. The Morgan fingerprint density at radius 3 is 2.62 bits per heavy atom. The van der Waals surface area contributed by atoms with Gasteiger partial charge in [-0.2, -0.15) is 5.10 Å². The molecule has 3 aromatic rings. The molecule has 0 unspecified atom stereocenters. The minimum atomic E-state index is -0.750. The number of phenolic OH excluding ortho intramolecular Hbond substituents is 1. The van der Waals surface area contributed by atoms with Gasteiger partial charge in [0.25, 0.3) is 11.8 Å². The van der Waals surface area contributed by atoms with Crippen LogP contribution >= 0.6 is 11.6 Å². The van der Waals surface area contributed by atoms with Crippen LogP contribution in [0.15, 0.2) is 54.9 Å². The number of halogens is 2. The molecule has 1 aromatic heterocycles. The monoisotopic (exact) mass is 374 g/mol. The quantitative estimate of drug-likeness (QED) is 0.613. The number of hydrogen-bond acceptors (Lipinski definition) is 4. The average Bonchev–Trinajstić information content (AvgIpc) is 3.11. The van der Waals surface area contributed by atoms with Crippen LogP contribution in [0.25, 0.3) is 5.69 Å². The molecular weight excluding hydrogens is 363 g/mol. The van der Waals surface area contributed by atoms with Gasteiger partial charge in [0.05, 0.1) is 17.3 Å². The molecular formula is C17H12ClFN4O3. The summed E-state index contributed by atoms with van der Waals surface area (Å²) in [5.74, 6) is -2.19. The number of rotatable bonds is 3. The second-order valence-corrected chi connectivity index (χ2v) is 5.63. The summed E-state index contributed by atoms with van der Waals surface area (Å²) in [6, 6.07) is 9.89. The normalized spacial score (nSPS) is 10.4. The third-order valence-electron chi connectivity index (χ3n) is 3.44. The lowest BCUT2D eigenvalue weighted by atomic mass is 10.2. The molecule has 132 valence electrons. The fraction of sp³-hybridized carbons (Fsp3) is 0. The van der Waals surface area contributed by atoms with Crippen molar-refractivity contribution in [1.82, 2.24) is 20.6 Å². The number of aromatic nitrogens is 2. The first-order valence-electron chi connectivity index (χ1n) is 7.34. The maximum Gasteiger partial charge on any atom is 0.273 e. The van der Waals surface area contributed by atoms with Crippen molar-refractivity contribution in [2.45, 2.75) is 0 Å². The summed E-state index contributed by atoms with van der Waals surface area (Å²) in [6.07, 6.45) is 2.54. The van der Waals surface area contributed by atoms with Gasteiger partial charge in [-0.25, -0.2) is 9.07 Å². The van der Waals surface area contributed by atoms with Crippen molar-refractivity contribution in [2.24, 2.45) is 0 Å². The second kappa shape index (κ2) is 7.24. The molecule has 0 aliphatic carbocycles. The molecule has 7 nitrogen and oxygen atoms in total. The van der Waals surface area contributed by atoms with Crippen molar-refractivity contribution in [3.8, 4) is 11.4 Å². The standard InChI is InChI=1S/C17H12ClFN4O3/c18-11-5-6-15(24)12(7-11)17(26)22-21-16(25)10-8-20-23(9-10)14-4-2-1-3-13(14)19/h1-9,24H,(H,21,25)(H,22,26). The summed E-state index contributed by atoms with van der Waals surface area (Å²) in [7, 11) is 0. The molecule has 26 heavy (non-hydrogen) atoms. The van der Waals surface area contributed by atoms with Gasteiger partial charge in [-0.3, -0.25) is 20.4 Å². The molecule has 0 radical (unpaired) electrons. The Morgan fingerprint density at radius 1 is 1.12 bits per heavy atom. The number of benzene rings is 2. The predicted octanol–water partition coefficient (Wildman–Crippen LogP) is 2.45. The number of nitrogens with zero attached hydrogens (tertiary/aromatic N) is 2. The van der Waals surface area contributed by atoms with Crippen LogP contribution in [-0.4, -0.2) is 26.7 Å². The summed E-state index contributed by atoms with van der Waals surface area (Å²) in [6.45, 7) is 0. The highest BCUT2D eigenvalue weighted by atomic mass is 35.5. The van der Waals surface area contributed by atoms with Gasteiger partial charge in [0.2, 0.25) is 0 Å². The Hall–Kier alpha value is -3.39. The van der Waals surface area contributed by atoms with Crippen LogP contribution in [0, 0.1) is 5.82 Å². The van der Waals surface area contributed by atoms with Crippen LogP contribution < -0.4 is 10.9 Å². The van der Waals surface area contributed by atoms with Crippen LogP contribution in [0.5, 0.6) is 5.75 Å². The van der Waals surface area contributed by atoms with E-state index < -0.39 is 17.6 Å². The van der Waals surface area contributed by atoms with E-state index in [4.69, 9.17) is 11.6 Å². The van der Waals surface area contributed by atoms with Crippen LogP contribution in [0.4, 0.5) is 4.39 Å². The highest BCUT2D eigenvalue weighted by molar-refractivity contribution is 6.31. The zero-order chi connectivity index (χ0) is 18.7. The van der Waals surface area contributed by atoms with Gasteiger partial charge < -0.3 is 5.11 Å². The molecule has 2 amide bonds. The number of aromatic hydroxyl groups is 1. The number of phenols is 1. The van der Waals surface area contributed by atoms with E-state index in [1.165, 1.54) is 53.5 Å². The van der Waals surface area contributed by atoms with Crippen LogP contribution in [0.3, 0.4) is 0 Å². The largest absolute Gasteiger partial charge is 0.507 e. The third kappa shape index (κ3) is 3.65. The Morgan fingerprint density at radius 2 is 1.85 bits per heavy atom. The van der Waals surface area contributed by atoms with E-state index in [1.807, 2.05) is 0 Å². The lowest BCUT2D eigenvalue weighted by Crippen LogP contribution is -2.41. The van der Waals surface area contributed by atoms with Gasteiger partial charge in [0.1, 0.15) is 17.3 Å². The number of carbonyl (C=O) groups is 2. The first-order chi connectivity index (χ1) is 12.5. The van der Waals surface area contributed by atoms with Crippen molar-refractivity contribution in [3.05, 3.63) is 76.8 Å². The van der Waals surface area contributed by atoms with Crippen LogP contribution in [-0.2, 0) is 0 Å². The van der Waals surface area contributed by atoms with Crippen molar-refractivity contribution >= 4 is 23.4 Å². The molecule has 0 saturated carbocycles. The third-order valence-corrected chi connectivity index (χ3v) is 3.67. The van der Waals surface area contributed by atoms with Gasteiger partial charge in [0.15, 0.2) is 0 Å². The predicted molar refractivity (Wildman–Crippen MR) is 91.6 cm³/mol. The Balaban J connectivity index is 1.68. The van der Waals surface area contributed by atoms with Gasteiger partial charge >= 0.3 is 0 Å². The molecule has 0 atom stereocenters. The first-order valence-corrected chi connectivity index (χ1v) is 7.72. The van der Waals surface area contributed by atoms with E-state index in [0.717, 1.165) is 0 Å². The molecule has 1 heterocycles. The van der Waals surface area contributed by atoms with Crippen molar-refractivity contribution in [3.63, 3.8) is 0 Å². The smallest absolute Gasteiger partial charge is 0.273 e. The molecule has 3 N–H and O–H groups in total. The number of hydrogen-bond donors (Lipinski definition) is 3. The van der Waals surface area contributed by atoms with Gasteiger partial charge in [-0.15, -0.1) is 0 Å². The Bertz CT molecular complexity index is 990. The highest BCUT2D eigenvalue weighted by Gasteiger charge is 2.15. The summed E-state index contributed by atoms with van der Waals surface area (Å²) in [5.41, 5.74) is 4.52. The summed E-state index contributed by atoms with van der Waals surface area (Å²) in [4.78, 5) is 24.1. The molecule has 0 aliphatic rings. The molecule has 2 aromatic carbocycles. The summed E-state index contributed by atoms with van der Waals surface area (Å²) >= 11 is 5.77. The van der Waals surface area contributed by atoms with E-state index in [2.05, 4.69) is 16.0 Å². The maximum absolute atomic E-state index is 13.7. The van der Waals surface area contributed by atoms with E-state index >= 15 is 0 Å². The van der Waals surface area contributed by atoms with Gasteiger partial charge in [-0.1, -0.05) is 23.7 Å². The number of nitrogens with one attached hydrogen (secondary N) is 2. The van der Waals surface area contributed by atoms with E-state index in [-0.39, 0.29) is 27.6 Å². The molecule has 0 spiro atoms. The minimum absolute atomic E-state index is 0.0974. The first kappa shape index (κ1) is 17.4. The number of amides is 2. The van der Waals surface area contributed by atoms with E-state index in [9.17, 15) is 19.1 Å². The van der Waals surface area contributed by atoms with Gasteiger partial charge in [-0.05, 0) is 30.3 Å². The molecule has 0 saturated heterocycles.